The zero-order chi connectivity index (χ0) is 16.4. The van der Waals surface area contributed by atoms with Crippen molar-refractivity contribution < 1.29 is 22.1 Å². The number of rotatable bonds is 6. The number of nitrogens with zero attached hydrogens (tertiary/aromatic N) is 3. The minimum Gasteiger partial charge on any atom is -0.380 e. The van der Waals surface area contributed by atoms with Crippen LogP contribution in [-0.4, -0.2) is 40.6 Å². The summed E-state index contributed by atoms with van der Waals surface area (Å²) >= 11 is 0. The lowest BCUT2D eigenvalue weighted by Crippen LogP contribution is -2.44. The van der Waals surface area contributed by atoms with E-state index in [1.807, 2.05) is 0 Å². The smallest absolute Gasteiger partial charge is 0.264 e. The molecule has 0 aliphatic carbocycles. The average Bonchev–Trinajstić information content (AvgIpc) is 2.89. The van der Waals surface area contributed by atoms with Crippen molar-refractivity contribution in [3.8, 4) is 0 Å². The lowest BCUT2D eigenvalue weighted by Gasteiger charge is -2.33. The molecule has 0 unspecified atom stereocenters. The molecule has 120 valence electrons. The molecule has 0 saturated heterocycles. The van der Waals surface area contributed by atoms with Gasteiger partial charge in [-0.1, -0.05) is 18.2 Å². The molecule has 9 heteroatoms. The first-order valence-corrected chi connectivity index (χ1v) is 8.22. The number of aromatic nitrogens is 3. The van der Waals surface area contributed by atoms with E-state index in [1.165, 1.54) is 48.5 Å². The fourth-order valence-corrected chi connectivity index (χ4v) is 2.83. The van der Waals surface area contributed by atoms with Gasteiger partial charge in [-0.05, 0) is 13.0 Å². The van der Waals surface area contributed by atoms with Crippen molar-refractivity contribution in [2.45, 2.75) is 25.2 Å². The molecule has 1 aromatic carbocycles. The Kier molecular flexibility index (Phi) is 4.59. The third-order valence-corrected chi connectivity index (χ3v) is 3.84. The molecule has 0 spiro atoms. The molecule has 1 aromatic heterocycles. The summed E-state index contributed by atoms with van der Waals surface area (Å²) in [5.41, 5.74) is -2.02. The van der Waals surface area contributed by atoms with Gasteiger partial charge in [0.1, 0.15) is 30.2 Å². The van der Waals surface area contributed by atoms with E-state index in [1.54, 1.807) is 0 Å². The van der Waals surface area contributed by atoms with E-state index in [0.29, 0.717) is 0 Å². The summed E-state index contributed by atoms with van der Waals surface area (Å²) < 4.78 is 42.9. The monoisotopic (exact) mass is 329 g/mol. The van der Waals surface area contributed by atoms with Crippen LogP contribution in [0.25, 0.3) is 0 Å². The van der Waals surface area contributed by atoms with Crippen molar-refractivity contribution in [1.82, 2.24) is 14.8 Å². The standard InChI is InChI=1S/C13H16FN3O4S/c1-10(21-22(2,19)20)13(18,7-17-9-15-8-16-17)11-5-3-4-6-12(11)14/h3-6,8-10,18H,7H2,1-2H3/t10-,13+/m0/s1. The molecule has 0 radical (unpaired) electrons. The van der Waals surface area contributed by atoms with Gasteiger partial charge in [0.25, 0.3) is 10.1 Å². The van der Waals surface area contributed by atoms with E-state index in [4.69, 9.17) is 4.18 Å². The Hall–Kier alpha value is -1.84. The van der Waals surface area contributed by atoms with Gasteiger partial charge in [0.2, 0.25) is 0 Å². The molecule has 1 heterocycles. The number of hydrogen-bond acceptors (Lipinski definition) is 6. The Balaban J connectivity index is 2.46. The van der Waals surface area contributed by atoms with Gasteiger partial charge < -0.3 is 5.11 Å². The molecule has 7 nitrogen and oxygen atoms in total. The second-order valence-corrected chi connectivity index (χ2v) is 6.54. The maximum absolute atomic E-state index is 14.1. The van der Waals surface area contributed by atoms with Crippen LogP contribution in [-0.2, 0) is 26.4 Å². The first-order chi connectivity index (χ1) is 10.2. The minimum atomic E-state index is -3.83. The highest BCUT2D eigenvalue weighted by Gasteiger charge is 2.41. The highest BCUT2D eigenvalue weighted by Crippen LogP contribution is 2.31. The topological polar surface area (TPSA) is 94.3 Å². The van der Waals surface area contributed by atoms with E-state index < -0.39 is 27.6 Å². The Morgan fingerprint density at radius 1 is 1.45 bits per heavy atom. The van der Waals surface area contributed by atoms with Crippen molar-refractivity contribution in [3.63, 3.8) is 0 Å². The molecule has 0 aliphatic rings. The minimum absolute atomic E-state index is 0.0818. The summed E-state index contributed by atoms with van der Waals surface area (Å²) in [5, 5.41) is 14.8. The maximum Gasteiger partial charge on any atom is 0.264 e. The molecule has 0 saturated carbocycles. The molecule has 0 bridgehead atoms. The summed E-state index contributed by atoms with van der Waals surface area (Å²) in [4.78, 5) is 3.74. The van der Waals surface area contributed by atoms with E-state index in [9.17, 15) is 17.9 Å². The van der Waals surface area contributed by atoms with Crippen molar-refractivity contribution in [2.24, 2.45) is 0 Å². The second-order valence-electron chi connectivity index (χ2n) is 4.94. The fourth-order valence-electron chi connectivity index (χ4n) is 2.15. The van der Waals surface area contributed by atoms with E-state index >= 15 is 0 Å². The first kappa shape index (κ1) is 16.5. The second kappa shape index (κ2) is 6.11. The van der Waals surface area contributed by atoms with Crippen molar-refractivity contribution in [2.75, 3.05) is 6.26 Å². The lowest BCUT2D eigenvalue weighted by molar-refractivity contribution is -0.0734. The lowest BCUT2D eigenvalue weighted by atomic mass is 9.88. The van der Waals surface area contributed by atoms with Gasteiger partial charge >= 0.3 is 0 Å². The summed E-state index contributed by atoms with van der Waals surface area (Å²) in [6.45, 7) is 1.13. The molecular weight excluding hydrogens is 313 g/mol. The third kappa shape index (κ3) is 3.67. The van der Waals surface area contributed by atoms with Gasteiger partial charge in [-0.3, -0.25) is 4.18 Å². The SMILES string of the molecule is C[C@H](OS(C)(=O)=O)[C@](O)(Cn1cncn1)c1ccccc1F. The molecule has 22 heavy (non-hydrogen) atoms. The van der Waals surface area contributed by atoms with Gasteiger partial charge in [-0.15, -0.1) is 0 Å². The maximum atomic E-state index is 14.1. The largest absolute Gasteiger partial charge is 0.380 e. The van der Waals surface area contributed by atoms with Crippen molar-refractivity contribution >= 4 is 10.1 Å². The fraction of sp³-hybridized carbons (Fsp3) is 0.385. The van der Waals surface area contributed by atoms with Crippen LogP contribution in [0.5, 0.6) is 0 Å². The number of benzene rings is 1. The molecule has 0 aliphatic heterocycles. The molecule has 2 atom stereocenters. The summed E-state index contributed by atoms with van der Waals surface area (Å²) in [5.74, 6) is -0.672. The van der Waals surface area contributed by atoms with Crippen LogP contribution < -0.4 is 0 Å². The van der Waals surface area contributed by atoms with Gasteiger partial charge in [0.15, 0.2) is 0 Å². The van der Waals surface area contributed by atoms with E-state index in [2.05, 4.69) is 10.1 Å². The zero-order valence-corrected chi connectivity index (χ0v) is 12.9. The van der Waals surface area contributed by atoms with Gasteiger partial charge in [-0.25, -0.2) is 14.1 Å². The van der Waals surface area contributed by atoms with E-state index in [0.717, 1.165) is 6.26 Å². The Morgan fingerprint density at radius 2 is 2.14 bits per heavy atom. The molecule has 0 fully saturated rings. The Bertz CT molecular complexity index is 736. The Labute approximate surface area is 127 Å². The quantitative estimate of drug-likeness (QED) is 0.783. The van der Waals surface area contributed by atoms with Crippen molar-refractivity contribution in [1.29, 1.82) is 0 Å². The highest BCUT2D eigenvalue weighted by molar-refractivity contribution is 7.86. The first-order valence-electron chi connectivity index (χ1n) is 6.40. The number of halogens is 1. The normalized spacial score (nSPS) is 16.2. The van der Waals surface area contributed by atoms with Crippen LogP contribution in [0.1, 0.15) is 12.5 Å². The summed E-state index contributed by atoms with van der Waals surface area (Å²) in [6.07, 6.45) is 2.22. The molecule has 2 aromatic rings. The molecular formula is C13H16FN3O4S. The predicted octanol–water partition coefficient (Wildman–Crippen LogP) is 0.670. The summed E-state index contributed by atoms with van der Waals surface area (Å²) in [6, 6.07) is 5.55. The molecule has 1 N–H and O–H groups in total. The molecule has 2 rings (SSSR count). The van der Waals surface area contributed by atoms with Crippen molar-refractivity contribution in [3.05, 3.63) is 48.3 Å². The zero-order valence-electron chi connectivity index (χ0n) is 12.0. The number of aliphatic hydroxyl groups is 1. The van der Waals surface area contributed by atoms with Gasteiger partial charge in [-0.2, -0.15) is 13.5 Å². The van der Waals surface area contributed by atoms with Crippen LogP contribution in [0.4, 0.5) is 4.39 Å². The number of hydrogen-bond donors (Lipinski definition) is 1. The average molecular weight is 329 g/mol. The van der Waals surface area contributed by atoms with Crippen LogP contribution in [0, 0.1) is 5.82 Å². The third-order valence-electron chi connectivity index (χ3n) is 3.20. The predicted molar refractivity (Wildman–Crippen MR) is 75.7 cm³/mol. The van der Waals surface area contributed by atoms with Crippen LogP contribution in [0.3, 0.4) is 0 Å². The molecule has 0 amide bonds. The summed E-state index contributed by atoms with van der Waals surface area (Å²) in [7, 11) is -3.83. The van der Waals surface area contributed by atoms with Gasteiger partial charge in [0, 0.05) is 5.56 Å². The van der Waals surface area contributed by atoms with Crippen LogP contribution in [0.15, 0.2) is 36.9 Å². The van der Waals surface area contributed by atoms with Gasteiger partial charge in [0.05, 0.1) is 12.8 Å². The van der Waals surface area contributed by atoms with Crippen LogP contribution in [0.2, 0.25) is 0 Å². The Morgan fingerprint density at radius 3 is 2.68 bits per heavy atom. The highest BCUT2D eigenvalue weighted by atomic mass is 32.2. The van der Waals surface area contributed by atoms with E-state index in [-0.39, 0.29) is 12.1 Å². The van der Waals surface area contributed by atoms with Crippen LogP contribution >= 0.6 is 0 Å².